The topological polar surface area (TPSA) is 55.8 Å². The van der Waals surface area contributed by atoms with E-state index in [1.165, 1.54) is 26.3 Å². The van der Waals surface area contributed by atoms with Crippen LogP contribution in [0.15, 0.2) is 29.2 Å². The standard InChI is InChI=1S/C11H14F3NO4S/c1-15(7-8-18-2)20(16,17)10-6-4-3-5-9(10)19-11(12,13)14/h3-6H,7-8H2,1-2H3. The van der Waals surface area contributed by atoms with Gasteiger partial charge in [0.25, 0.3) is 0 Å². The molecule has 0 atom stereocenters. The molecule has 0 radical (unpaired) electrons. The molecule has 0 spiro atoms. The van der Waals surface area contributed by atoms with E-state index in [9.17, 15) is 21.6 Å². The number of benzene rings is 1. The molecule has 0 saturated heterocycles. The molecule has 0 heterocycles. The summed E-state index contributed by atoms with van der Waals surface area (Å²) in [5.41, 5.74) is 0. The van der Waals surface area contributed by atoms with Gasteiger partial charge in [-0.25, -0.2) is 8.42 Å². The van der Waals surface area contributed by atoms with Crippen LogP contribution in [0.2, 0.25) is 0 Å². The molecule has 0 bridgehead atoms. The molecule has 0 aromatic heterocycles. The lowest BCUT2D eigenvalue weighted by Crippen LogP contribution is -2.31. The Hall–Kier alpha value is -1.32. The molecule has 114 valence electrons. The summed E-state index contributed by atoms with van der Waals surface area (Å²) in [7, 11) is -1.45. The van der Waals surface area contributed by atoms with Crippen LogP contribution < -0.4 is 4.74 Å². The molecule has 1 aromatic carbocycles. The smallest absolute Gasteiger partial charge is 0.404 e. The number of sulfonamides is 1. The van der Waals surface area contributed by atoms with Crippen molar-refractivity contribution in [2.24, 2.45) is 0 Å². The lowest BCUT2D eigenvalue weighted by molar-refractivity contribution is -0.275. The molecular weight excluding hydrogens is 299 g/mol. The van der Waals surface area contributed by atoms with Crippen LogP contribution in [0.1, 0.15) is 0 Å². The Labute approximate surface area is 115 Å². The number of likely N-dealkylation sites (N-methyl/N-ethyl adjacent to an activating group) is 1. The first-order chi connectivity index (χ1) is 9.18. The predicted octanol–water partition coefficient (Wildman–Crippen LogP) is 1.85. The van der Waals surface area contributed by atoms with Crippen molar-refractivity contribution < 1.29 is 31.1 Å². The summed E-state index contributed by atoms with van der Waals surface area (Å²) in [6.45, 7) is 0.136. The van der Waals surface area contributed by atoms with E-state index in [0.29, 0.717) is 0 Å². The van der Waals surface area contributed by atoms with Gasteiger partial charge in [-0.2, -0.15) is 4.31 Å². The van der Waals surface area contributed by atoms with E-state index in [1.54, 1.807) is 0 Å². The van der Waals surface area contributed by atoms with Crippen molar-refractivity contribution in [1.82, 2.24) is 4.31 Å². The third-order valence-electron chi connectivity index (χ3n) is 2.37. The molecule has 0 aliphatic heterocycles. The van der Waals surface area contributed by atoms with E-state index in [4.69, 9.17) is 4.74 Å². The minimum atomic E-state index is -4.96. The lowest BCUT2D eigenvalue weighted by atomic mass is 10.3. The number of halogens is 3. The number of rotatable bonds is 6. The Bertz CT molecular complexity index is 545. The van der Waals surface area contributed by atoms with E-state index in [1.807, 2.05) is 0 Å². The SMILES string of the molecule is COCCN(C)S(=O)(=O)c1ccccc1OC(F)(F)F. The van der Waals surface area contributed by atoms with Crippen LogP contribution in [0.4, 0.5) is 13.2 Å². The quantitative estimate of drug-likeness (QED) is 0.804. The highest BCUT2D eigenvalue weighted by molar-refractivity contribution is 7.89. The van der Waals surface area contributed by atoms with Crippen molar-refractivity contribution in [2.45, 2.75) is 11.3 Å². The largest absolute Gasteiger partial charge is 0.573 e. The van der Waals surface area contributed by atoms with E-state index in [2.05, 4.69) is 4.74 Å². The summed E-state index contributed by atoms with van der Waals surface area (Å²) in [6.07, 6.45) is -4.96. The van der Waals surface area contributed by atoms with Gasteiger partial charge in [-0.05, 0) is 12.1 Å². The number of hydrogen-bond acceptors (Lipinski definition) is 4. The Morgan fingerprint density at radius 3 is 2.40 bits per heavy atom. The van der Waals surface area contributed by atoms with Crippen molar-refractivity contribution in [3.05, 3.63) is 24.3 Å². The minimum Gasteiger partial charge on any atom is -0.404 e. The van der Waals surface area contributed by atoms with E-state index in [-0.39, 0.29) is 13.2 Å². The third-order valence-corrected chi connectivity index (χ3v) is 4.27. The van der Waals surface area contributed by atoms with Crippen LogP contribution in [-0.2, 0) is 14.8 Å². The number of hydrogen-bond donors (Lipinski definition) is 0. The van der Waals surface area contributed by atoms with Crippen LogP contribution in [0.3, 0.4) is 0 Å². The maximum Gasteiger partial charge on any atom is 0.573 e. The summed E-state index contributed by atoms with van der Waals surface area (Å²) in [5, 5.41) is 0. The van der Waals surface area contributed by atoms with Gasteiger partial charge in [0, 0.05) is 20.7 Å². The van der Waals surface area contributed by atoms with Gasteiger partial charge in [0.1, 0.15) is 10.6 Å². The average molecular weight is 313 g/mol. The van der Waals surface area contributed by atoms with Crippen molar-refractivity contribution in [3.63, 3.8) is 0 Å². The van der Waals surface area contributed by atoms with E-state index >= 15 is 0 Å². The molecule has 0 amide bonds. The van der Waals surface area contributed by atoms with Crippen LogP contribution in [0.25, 0.3) is 0 Å². The fourth-order valence-electron chi connectivity index (χ4n) is 1.38. The molecule has 9 heteroatoms. The monoisotopic (exact) mass is 313 g/mol. The molecule has 0 fully saturated rings. The van der Waals surface area contributed by atoms with Gasteiger partial charge in [-0.3, -0.25) is 0 Å². The van der Waals surface area contributed by atoms with Crippen molar-refractivity contribution in [3.8, 4) is 5.75 Å². The number of ether oxygens (including phenoxy) is 2. The van der Waals surface area contributed by atoms with Gasteiger partial charge in [-0.1, -0.05) is 12.1 Å². The summed E-state index contributed by atoms with van der Waals surface area (Å²) in [4.78, 5) is -0.545. The molecule has 0 saturated carbocycles. The van der Waals surface area contributed by atoms with Gasteiger partial charge in [0.2, 0.25) is 10.0 Å². The maximum atomic E-state index is 12.3. The third kappa shape index (κ3) is 4.36. The van der Waals surface area contributed by atoms with E-state index < -0.39 is 27.0 Å². The Morgan fingerprint density at radius 1 is 1.25 bits per heavy atom. The fraction of sp³-hybridized carbons (Fsp3) is 0.455. The molecule has 1 rings (SSSR count). The Balaban J connectivity index is 3.12. The van der Waals surface area contributed by atoms with Gasteiger partial charge in [0.05, 0.1) is 6.61 Å². The minimum absolute atomic E-state index is 0.0131. The molecule has 0 unspecified atom stereocenters. The van der Waals surface area contributed by atoms with Crippen LogP contribution >= 0.6 is 0 Å². The van der Waals surface area contributed by atoms with Gasteiger partial charge >= 0.3 is 6.36 Å². The van der Waals surface area contributed by atoms with Crippen LogP contribution in [0.5, 0.6) is 5.75 Å². The van der Waals surface area contributed by atoms with Crippen molar-refractivity contribution >= 4 is 10.0 Å². The molecule has 0 aliphatic carbocycles. The number of alkyl halides is 3. The highest BCUT2D eigenvalue weighted by atomic mass is 32.2. The lowest BCUT2D eigenvalue weighted by Gasteiger charge is -2.19. The summed E-state index contributed by atoms with van der Waals surface area (Å²) < 4.78 is 70.5. The number of para-hydroxylation sites is 1. The highest BCUT2D eigenvalue weighted by Crippen LogP contribution is 2.30. The average Bonchev–Trinajstić information content (AvgIpc) is 2.34. The zero-order chi connectivity index (χ0) is 15.4. The van der Waals surface area contributed by atoms with Crippen molar-refractivity contribution in [2.75, 3.05) is 27.3 Å². The van der Waals surface area contributed by atoms with Gasteiger partial charge < -0.3 is 9.47 Å². The summed E-state index contributed by atoms with van der Waals surface area (Å²) in [6, 6.07) is 4.58. The second kappa shape index (κ2) is 6.42. The molecule has 0 N–H and O–H groups in total. The Kier molecular flexibility index (Phi) is 5.37. The maximum absolute atomic E-state index is 12.3. The normalized spacial score (nSPS) is 12.7. The summed E-state index contributed by atoms with van der Waals surface area (Å²) >= 11 is 0. The Morgan fingerprint density at radius 2 is 1.85 bits per heavy atom. The highest BCUT2D eigenvalue weighted by Gasteiger charge is 2.34. The number of methoxy groups -OCH3 is 1. The van der Waals surface area contributed by atoms with Gasteiger partial charge in [-0.15, -0.1) is 13.2 Å². The zero-order valence-electron chi connectivity index (χ0n) is 10.8. The molecule has 0 aliphatic rings. The van der Waals surface area contributed by atoms with E-state index in [0.717, 1.165) is 16.4 Å². The molecule has 5 nitrogen and oxygen atoms in total. The first kappa shape index (κ1) is 16.7. The summed E-state index contributed by atoms with van der Waals surface area (Å²) in [5.74, 6) is -0.760. The second-order valence-electron chi connectivity index (χ2n) is 3.81. The van der Waals surface area contributed by atoms with Crippen molar-refractivity contribution in [1.29, 1.82) is 0 Å². The van der Waals surface area contributed by atoms with Crippen LogP contribution in [0, 0.1) is 0 Å². The number of nitrogens with zero attached hydrogens (tertiary/aromatic N) is 1. The molecular formula is C11H14F3NO4S. The predicted molar refractivity (Wildman–Crippen MR) is 64.8 cm³/mol. The van der Waals surface area contributed by atoms with Crippen LogP contribution in [-0.4, -0.2) is 46.4 Å². The second-order valence-corrected chi connectivity index (χ2v) is 5.83. The first-order valence-corrected chi connectivity index (χ1v) is 6.92. The molecule has 1 aromatic rings. The molecule has 20 heavy (non-hydrogen) atoms. The fourth-order valence-corrected chi connectivity index (χ4v) is 2.65. The van der Waals surface area contributed by atoms with Gasteiger partial charge in [0.15, 0.2) is 0 Å². The zero-order valence-corrected chi connectivity index (χ0v) is 11.7. The first-order valence-electron chi connectivity index (χ1n) is 5.48.